The van der Waals surface area contributed by atoms with Crippen LogP contribution < -0.4 is 0 Å². The molecule has 3 aliphatic carbocycles. The Morgan fingerprint density at radius 2 is 1.94 bits per heavy atom. The molecule has 2 bridgehead atoms. The summed E-state index contributed by atoms with van der Waals surface area (Å²) in [4.78, 5) is 11.6. The molecule has 0 spiro atoms. The number of Topliss-reactive ketones (excluding diaryl/α,β-unsaturated/α-hetero) is 1. The van der Waals surface area contributed by atoms with Gasteiger partial charge in [-0.05, 0) is 27.2 Å². The molecule has 0 amide bonds. The molecule has 1 saturated carbocycles. The van der Waals surface area contributed by atoms with Crippen molar-refractivity contribution in [3.8, 4) is 0 Å². The van der Waals surface area contributed by atoms with E-state index in [4.69, 9.17) is 9.47 Å². The summed E-state index contributed by atoms with van der Waals surface area (Å²) in [6.45, 7) is 5.59. The molecule has 2 fully saturated rings. The van der Waals surface area contributed by atoms with E-state index in [0.29, 0.717) is 5.92 Å². The van der Waals surface area contributed by atoms with Crippen LogP contribution in [0.15, 0.2) is 12.2 Å². The average Bonchev–Trinajstić information content (AvgIpc) is 2.54. The fourth-order valence-corrected chi connectivity index (χ4v) is 3.40. The molecule has 0 unspecified atom stereocenters. The molecule has 0 aromatic heterocycles. The Morgan fingerprint density at radius 1 is 1.25 bits per heavy atom. The number of hydrogen-bond donors (Lipinski definition) is 0. The zero-order chi connectivity index (χ0) is 11.5. The first kappa shape index (κ1) is 10.5. The van der Waals surface area contributed by atoms with E-state index >= 15 is 0 Å². The topological polar surface area (TPSA) is 35.5 Å². The summed E-state index contributed by atoms with van der Waals surface area (Å²) in [5, 5.41) is 0. The van der Waals surface area contributed by atoms with E-state index in [1.54, 1.807) is 6.92 Å². The molecule has 3 nitrogen and oxygen atoms in total. The lowest BCUT2D eigenvalue weighted by Crippen LogP contribution is -2.49. The van der Waals surface area contributed by atoms with Crippen LogP contribution in [0.5, 0.6) is 0 Å². The summed E-state index contributed by atoms with van der Waals surface area (Å²) < 4.78 is 11.9. The Balaban J connectivity index is 1.92. The van der Waals surface area contributed by atoms with Crippen LogP contribution in [0.1, 0.15) is 27.2 Å². The fraction of sp³-hybridized carbons (Fsp3) is 0.769. The normalized spacial score (nSPS) is 48.1. The predicted molar refractivity (Wildman–Crippen MR) is 58.7 cm³/mol. The zero-order valence-electron chi connectivity index (χ0n) is 9.97. The summed E-state index contributed by atoms with van der Waals surface area (Å²) in [7, 11) is 0. The first-order chi connectivity index (χ1) is 7.48. The van der Waals surface area contributed by atoms with Gasteiger partial charge in [0.15, 0.2) is 5.79 Å². The minimum absolute atomic E-state index is 0.0765. The molecule has 1 heterocycles. The molecular weight excluding hydrogens is 204 g/mol. The third-order valence-corrected chi connectivity index (χ3v) is 4.06. The molecule has 88 valence electrons. The molecule has 1 saturated heterocycles. The monoisotopic (exact) mass is 222 g/mol. The van der Waals surface area contributed by atoms with Gasteiger partial charge in [0.25, 0.3) is 0 Å². The molecular formula is C13H18O3. The zero-order valence-corrected chi connectivity index (χ0v) is 9.97. The van der Waals surface area contributed by atoms with Crippen molar-refractivity contribution in [3.05, 3.63) is 12.2 Å². The molecule has 16 heavy (non-hydrogen) atoms. The molecule has 0 aromatic rings. The van der Waals surface area contributed by atoms with Crippen LogP contribution in [-0.2, 0) is 14.3 Å². The van der Waals surface area contributed by atoms with Gasteiger partial charge < -0.3 is 9.47 Å². The van der Waals surface area contributed by atoms with Gasteiger partial charge >= 0.3 is 0 Å². The first-order valence-electron chi connectivity index (χ1n) is 6.02. The van der Waals surface area contributed by atoms with Crippen molar-refractivity contribution in [1.29, 1.82) is 0 Å². The minimum Gasteiger partial charge on any atom is -0.344 e. The second-order valence-electron chi connectivity index (χ2n) is 5.64. The van der Waals surface area contributed by atoms with Crippen LogP contribution >= 0.6 is 0 Å². The van der Waals surface area contributed by atoms with E-state index in [1.807, 2.05) is 13.8 Å². The maximum Gasteiger partial charge on any atom is 0.163 e. The molecule has 4 aliphatic rings. The molecule has 0 N–H and O–H groups in total. The van der Waals surface area contributed by atoms with E-state index in [1.165, 1.54) is 0 Å². The quantitative estimate of drug-likeness (QED) is 0.636. The van der Waals surface area contributed by atoms with Crippen molar-refractivity contribution in [3.63, 3.8) is 0 Å². The van der Waals surface area contributed by atoms with Crippen LogP contribution in [0.2, 0.25) is 0 Å². The van der Waals surface area contributed by atoms with Crippen molar-refractivity contribution < 1.29 is 14.3 Å². The van der Waals surface area contributed by atoms with Gasteiger partial charge in [0, 0.05) is 17.8 Å². The Bertz CT molecular complexity index is 358. The Kier molecular flexibility index (Phi) is 2.08. The lowest BCUT2D eigenvalue weighted by molar-refractivity contribution is -0.149. The molecule has 1 aliphatic heterocycles. The largest absolute Gasteiger partial charge is 0.344 e. The summed E-state index contributed by atoms with van der Waals surface area (Å²) in [5.41, 5.74) is 0. The second-order valence-corrected chi connectivity index (χ2v) is 5.64. The van der Waals surface area contributed by atoms with Crippen molar-refractivity contribution in [2.75, 3.05) is 0 Å². The standard InChI is InChI=1S/C13H18O3/c1-7(14)10-6-8-4-5-9(10)12-11(8)15-13(2,3)16-12/h4-5,8-12H,6H2,1-3H3/t8-,9+,10-,11-,12+/m0/s1. The summed E-state index contributed by atoms with van der Waals surface area (Å²) in [6, 6.07) is 0. The number of carbonyl (C=O) groups excluding carboxylic acids is 1. The Morgan fingerprint density at radius 3 is 2.62 bits per heavy atom. The van der Waals surface area contributed by atoms with E-state index in [9.17, 15) is 4.79 Å². The van der Waals surface area contributed by atoms with E-state index in [0.717, 1.165) is 6.42 Å². The fourth-order valence-electron chi connectivity index (χ4n) is 3.40. The van der Waals surface area contributed by atoms with Gasteiger partial charge in [-0.25, -0.2) is 0 Å². The van der Waals surface area contributed by atoms with E-state index in [-0.39, 0.29) is 29.8 Å². The molecule has 5 atom stereocenters. The SMILES string of the molecule is CC(=O)[C@@H]1C[C@@H]2C=C[C@H]1[C@H]1OC(C)(C)O[C@H]12. The molecule has 0 aromatic carbocycles. The van der Waals surface area contributed by atoms with E-state index < -0.39 is 5.79 Å². The summed E-state index contributed by atoms with van der Waals surface area (Å²) in [5.74, 6) is 0.489. The molecule has 0 radical (unpaired) electrons. The van der Waals surface area contributed by atoms with Crippen molar-refractivity contribution in [1.82, 2.24) is 0 Å². The maximum absolute atomic E-state index is 11.6. The van der Waals surface area contributed by atoms with Gasteiger partial charge in [0.1, 0.15) is 5.78 Å². The highest BCUT2D eigenvalue weighted by Gasteiger charge is 2.55. The van der Waals surface area contributed by atoms with Crippen LogP contribution in [0.25, 0.3) is 0 Å². The van der Waals surface area contributed by atoms with Crippen LogP contribution in [-0.4, -0.2) is 23.8 Å². The van der Waals surface area contributed by atoms with E-state index in [2.05, 4.69) is 12.2 Å². The van der Waals surface area contributed by atoms with Crippen LogP contribution in [0.3, 0.4) is 0 Å². The van der Waals surface area contributed by atoms with Gasteiger partial charge in [-0.2, -0.15) is 0 Å². The van der Waals surface area contributed by atoms with Gasteiger partial charge in [0.2, 0.25) is 0 Å². The highest BCUT2D eigenvalue weighted by Crippen LogP contribution is 2.49. The lowest BCUT2D eigenvalue weighted by atomic mass is 9.65. The third kappa shape index (κ3) is 1.38. The van der Waals surface area contributed by atoms with Crippen molar-refractivity contribution in [2.45, 2.75) is 45.2 Å². The maximum atomic E-state index is 11.6. The van der Waals surface area contributed by atoms with Crippen molar-refractivity contribution in [2.24, 2.45) is 17.8 Å². The minimum atomic E-state index is -0.496. The van der Waals surface area contributed by atoms with Gasteiger partial charge in [-0.15, -0.1) is 0 Å². The number of rotatable bonds is 1. The highest BCUT2D eigenvalue weighted by atomic mass is 16.8. The highest BCUT2D eigenvalue weighted by molar-refractivity contribution is 5.79. The van der Waals surface area contributed by atoms with Gasteiger partial charge in [-0.1, -0.05) is 12.2 Å². The predicted octanol–water partition coefficient (Wildman–Crippen LogP) is 1.92. The molecule has 3 heteroatoms. The third-order valence-electron chi connectivity index (χ3n) is 4.06. The first-order valence-corrected chi connectivity index (χ1v) is 6.02. The Hall–Kier alpha value is -0.670. The number of ketones is 1. The van der Waals surface area contributed by atoms with Crippen LogP contribution in [0.4, 0.5) is 0 Å². The smallest absolute Gasteiger partial charge is 0.163 e. The average molecular weight is 222 g/mol. The summed E-state index contributed by atoms with van der Waals surface area (Å²) in [6.07, 6.45) is 5.52. The van der Waals surface area contributed by atoms with Gasteiger partial charge in [0.05, 0.1) is 12.2 Å². The lowest BCUT2D eigenvalue weighted by Gasteiger charge is -2.43. The molecule has 4 rings (SSSR count). The van der Waals surface area contributed by atoms with Crippen LogP contribution in [0, 0.1) is 17.8 Å². The Labute approximate surface area is 95.8 Å². The van der Waals surface area contributed by atoms with Crippen molar-refractivity contribution >= 4 is 5.78 Å². The second kappa shape index (κ2) is 3.17. The number of fused-ring (bicyclic) bond motifs is 1. The summed E-state index contributed by atoms with van der Waals surface area (Å²) >= 11 is 0. The number of carbonyl (C=O) groups is 1. The number of hydrogen-bond acceptors (Lipinski definition) is 3. The van der Waals surface area contributed by atoms with Gasteiger partial charge in [-0.3, -0.25) is 4.79 Å². The number of ether oxygens (including phenoxy) is 2.